The molecule has 0 saturated heterocycles. The maximum Gasteiger partial charge on any atom is 0.419 e. The van der Waals surface area contributed by atoms with Crippen molar-refractivity contribution in [3.05, 3.63) is 23.8 Å². The quantitative estimate of drug-likeness (QED) is 0.664. The molecular formula is C9H12N4O2. The van der Waals surface area contributed by atoms with E-state index in [-0.39, 0.29) is 6.10 Å². The van der Waals surface area contributed by atoms with Gasteiger partial charge in [-0.25, -0.2) is 14.7 Å². The van der Waals surface area contributed by atoms with Gasteiger partial charge in [-0.15, -0.1) is 0 Å². The van der Waals surface area contributed by atoms with Crippen LogP contribution in [0.1, 0.15) is 13.8 Å². The number of amides is 1. The van der Waals surface area contributed by atoms with Crippen LogP contribution in [-0.4, -0.2) is 23.4 Å². The molecule has 0 aromatic rings. The first-order chi connectivity index (χ1) is 7.16. The van der Waals surface area contributed by atoms with Gasteiger partial charge < -0.3 is 10.2 Å². The summed E-state index contributed by atoms with van der Waals surface area (Å²) in [5.41, 5.74) is 7.16. The van der Waals surface area contributed by atoms with E-state index in [9.17, 15) is 4.79 Å². The van der Waals surface area contributed by atoms with E-state index < -0.39 is 6.09 Å². The number of hydrazine groups is 1. The molecule has 0 aromatic carbocycles. The van der Waals surface area contributed by atoms with Gasteiger partial charge in [-0.3, -0.25) is 5.43 Å². The lowest BCUT2D eigenvalue weighted by molar-refractivity contribution is 0.103. The van der Waals surface area contributed by atoms with Crippen molar-refractivity contribution in [1.82, 2.24) is 15.8 Å². The summed E-state index contributed by atoms with van der Waals surface area (Å²) in [6, 6.07) is 0. The Morgan fingerprint density at radius 2 is 2.40 bits per heavy atom. The Morgan fingerprint density at radius 1 is 1.60 bits per heavy atom. The number of carbonyl (C=O) groups excluding carboxylic acids is 1. The van der Waals surface area contributed by atoms with Crippen LogP contribution in [0.2, 0.25) is 0 Å². The highest BCUT2D eigenvalue weighted by molar-refractivity contribution is 5.85. The zero-order chi connectivity index (χ0) is 10.8. The van der Waals surface area contributed by atoms with E-state index in [1.807, 2.05) is 0 Å². The molecule has 6 nitrogen and oxygen atoms in total. The SMILES string of the molecule is CC(C)OC(=O)N1C=NC2=CNNC2=C1. The Morgan fingerprint density at radius 3 is 3.13 bits per heavy atom. The fraction of sp³-hybridized carbons (Fsp3) is 0.333. The van der Waals surface area contributed by atoms with Crippen LogP contribution >= 0.6 is 0 Å². The van der Waals surface area contributed by atoms with Crippen LogP contribution in [-0.2, 0) is 4.74 Å². The predicted octanol–water partition coefficient (Wildman–Crippen LogP) is 0.666. The zero-order valence-electron chi connectivity index (χ0n) is 8.52. The average molecular weight is 208 g/mol. The number of nitrogens with zero attached hydrogens (tertiary/aromatic N) is 2. The minimum Gasteiger partial charge on any atom is -0.446 e. The number of fused-ring (bicyclic) bond motifs is 1. The molecule has 0 unspecified atom stereocenters. The van der Waals surface area contributed by atoms with E-state index >= 15 is 0 Å². The monoisotopic (exact) mass is 208 g/mol. The number of ether oxygens (including phenoxy) is 1. The topological polar surface area (TPSA) is 66.0 Å². The summed E-state index contributed by atoms with van der Waals surface area (Å²) in [4.78, 5) is 16.9. The summed E-state index contributed by atoms with van der Waals surface area (Å²) in [6.07, 6.45) is 4.19. The van der Waals surface area contributed by atoms with E-state index in [1.165, 1.54) is 11.2 Å². The van der Waals surface area contributed by atoms with Crippen molar-refractivity contribution in [3.8, 4) is 0 Å². The van der Waals surface area contributed by atoms with Crippen LogP contribution in [0.3, 0.4) is 0 Å². The van der Waals surface area contributed by atoms with E-state index in [4.69, 9.17) is 4.74 Å². The summed E-state index contributed by atoms with van der Waals surface area (Å²) >= 11 is 0. The van der Waals surface area contributed by atoms with Crippen molar-refractivity contribution < 1.29 is 9.53 Å². The van der Waals surface area contributed by atoms with Gasteiger partial charge in [-0.2, -0.15) is 0 Å². The molecule has 15 heavy (non-hydrogen) atoms. The Hall–Kier alpha value is -1.98. The smallest absolute Gasteiger partial charge is 0.419 e. The van der Waals surface area contributed by atoms with Crippen LogP contribution in [0, 0.1) is 0 Å². The Kier molecular flexibility index (Phi) is 2.32. The molecule has 2 N–H and O–H groups in total. The van der Waals surface area contributed by atoms with Crippen molar-refractivity contribution in [2.75, 3.05) is 0 Å². The van der Waals surface area contributed by atoms with Gasteiger partial charge in [0.15, 0.2) is 0 Å². The third-order valence-corrected chi connectivity index (χ3v) is 1.83. The lowest BCUT2D eigenvalue weighted by atomic mass is 10.3. The van der Waals surface area contributed by atoms with E-state index in [0.29, 0.717) is 0 Å². The molecule has 0 spiro atoms. The molecule has 0 fully saturated rings. The number of carbonyl (C=O) groups is 1. The highest BCUT2D eigenvalue weighted by Gasteiger charge is 2.20. The number of nitrogens with one attached hydrogen (secondary N) is 2. The van der Waals surface area contributed by atoms with Gasteiger partial charge in [0.25, 0.3) is 0 Å². The van der Waals surface area contributed by atoms with Gasteiger partial charge in [0.2, 0.25) is 0 Å². The molecular weight excluding hydrogens is 196 g/mol. The Balaban J connectivity index is 2.07. The predicted molar refractivity (Wildman–Crippen MR) is 54.4 cm³/mol. The van der Waals surface area contributed by atoms with Gasteiger partial charge >= 0.3 is 6.09 Å². The second kappa shape index (κ2) is 3.64. The second-order valence-corrected chi connectivity index (χ2v) is 3.43. The van der Waals surface area contributed by atoms with Crippen LogP contribution in [0.4, 0.5) is 4.79 Å². The lowest BCUT2D eigenvalue weighted by Gasteiger charge is -2.18. The number of rotatable bonds is 1. The maximum absolute atomic E-state index is 11.5. The maximum atomic E-state index is 11.5. The Bertz CT molecular complexity index is 370. The summed E-state index contributed by atoms with van der Waals surface area (Å²) in [7, 11) is 0. The normalized spacial score (nSPS) is 17.7. The molecule has 6 heteroatoms. The van der Waals surface area contributed by atoms with Crippen molar-refractivity contribution in [1.29, 1.82) is 0 Å². The minimum absolute atomic E-state index is 0.143. The first kappa shape index (κ1) is 9.57. The van der Waals surface area contributed by atoms with E-state index in [1.54, 1.807) is 26.2 Å². The van der Waals surface area contributed by atoms with Crippen molar-refractivity contribution in [3.63, 3.8) is 0 Å². The van der Waals surface area contributed by atoms with Crippen molar-refractivity contribution >= 4 is 12.4 Å². The molecule has 0 saturated carbocycles. The Labute approximate surface area is 87.3 Å². The molecule has 2 aliphatic heterocycles. The van der Waals surface area contributed by atoms with Crippen molar-refractivity contribution in [2.45, 2.75) is 20.0 Å². The van der Waals surface area contributed by atoms with Gasteiger partial charge in [0.05, 0.1) is 11.8 Å². The summed E-state index contributed by atoms with van der Waals surface area (Å²) in [6.45, 7) is 3.60. The summed E-state index contributed by atoms with van der Waals surface area (Å²) < 4.78 is 5.02. The first-order valence-electron chi connectivity index (χ1n) is 4.64. The molecule has 2 rings (SSSR count). The van der Waals surface area contributed by atoms with Gasteiger partial charge in [-0.1, -0.05) is 0 Å². The molecule has 1 amide bonds. The fourth-order valence-electron chi connectivity index (χ4n) is 1.19. The van der Waals surface area contributed by atoms with Gasteiger partial charge in [0.1, 0.15) is 12.0 Å². The third-order valence-electron chi connectivity index (χ3n) is 1.83. The largest absolute Gasteiger partial charge is 0.446 e. The molecule has 0 atom stereocenters. The highest BCUT2D eigenvalue weighted by atomic mass is 16.6. The number of hydrogen-bond acceptors (Lipinski definition) is 5. The molecule has 0 radical (unpaired) electrons. The number of hydrogen-bond donors (Lipinski definition) is 2. The van der Waals surface area contributed by atoms with E-state index in [2.05, 4.69) is 15.8 Å². The molecule has 0 aromatic heterocycles. The van der Waals surface area contributed by atoms with Gasteiger partial charge in [-0.05, 0) is 13.8 Å². The molecule has 0 aliphatic carbocycles. The number of aliphatic imine (C=N–C) groups is 1. The van der Waals surface area contributed by atoms with Crippen LogP contribution in [0.25, 0.3) is 0 Å². The van der Waals surface area contributed by atoms with Crippen LogP contribution in [0.15, 0.2) is 28.8 Å². The fourth-order valence-corrected chi connectivity index (χ4v) is 1.19. The zero-order valence-corrected chi connectivity index (χ0v) is 8.52. The standard InChI is InChI=1S/C9H12N4O2/c1-6(2)15-9(14)13-4-8-7(10-5-13)3-11-12-8/h3-6,11-12H,1-2H3. The summed E-state index contributed by atoms with van der Waals surface area (Å²) in [5.74, 6) is 0. The lowest BCUT2D eigenvalue weighted by Crippen LogP contribution is -2.31. The summed E-state index contributed by atoms with van der Waals surface area (Å²) in [5, 5.41) is 0. The molecule has 2 heterocycles. The highest BCUT2D eigenvalue weighted by Crippen LogP contribution is 2.16. The van der Waals surface area contributed by atoms with Crippen LogP contribution in [0.5, 0.6) is 0 Å². The molecule has 80 valence electrons. The van der Waals surface area contributed by atoms with E-state index in [0.717, 1.165) is 11.4 Å². The van der Waals surface area contributed by atoms with Crippen LogP contribution < -0.4 is 10.9 Å². The third kappa shape index (κ3) is 1.93. The first-order valence-corrected chi connectivity index (χ1v) is 4.64. The molecule has 2 aliphatic rings. The second-order valence-electron chi connectivity index (χ2n) is 3.43. The minimum atomic E-state index is -0.436. The van der Waals surface area contributed by atoms with Crippen molar-refractivity contribution in [2.24, 2.45) is 4.99 Å². The van der Waals surface area contributed by atoms with Gasteiger partial charge in [0, 0.05) is 12.4 Å². The average Bonchev–Trinajstić information content (AvgIpc) is 2.62. The molecule has 0 bridgehead atoms.